The highest BCUT2D eigenvalue weighted by atomic mass is 15.2. The number of anilines is 2. The van der Waals surface area contributed by atoms with E-state index in [1.54, 1.807) is 0 Å². The molecule has 7 heteroatoms. The summed E-state index contributed by atoms with van der Waals surface area (Å²) in [5.41, 5.74) is 6.08. The number of nitrogens with one attached hydrogen (secondary N) is 2. The Hall–Kier alpha value is -3.58. The van der Waals surface area contributed by atoms with Gasteiger partial charge in [0, 0.05) is 55.6 Å². The molecule has 0 amide bonds. The molecule has 4 aromatic rings. The molecule has 176 valence electrons. The number of benzene rings is 1. The van der Waals surface area contributed by atoms with Crippen LogP contribution < -0.4 is 15.5 Å². The van der Waals surface area contributed by atoms with Crippen molar-refractivity contribution in [3.05, 3.63) is 71.7 Å². The van der Waals surface area contributed by atoms with Crippen LogP contribution in [0.25, 0.3) is 22.3 Å². The molecule has 4 heterocycles. The van der Waals surface area contributed by atoms with Crippen LogP contribution in [0, 0.1) is 0 Å². The second kappa shape index (κ2) is 8.57. The minimum Gasteiger partial charge on any atom is -0.367 e. The van der Waals surface area contributed by atoms with Crippen molar-refractivity contribution in [3.8, 4) is 11.4 Å². The van der Waals surface area contributed by atoms with Gasteiger partial charge in [0.15, 0.2) is 5.82 Å². The van der Waals surface area contributed by atoms with Crippen LogP contribution in [-0.2, 0) is 12.8 Å². The van der Waals surface area contributed by atoms with Gasteiger partial charge in [-0.15, -0.1) is 0 Å². The van der Waals surface area contributed by atoms with Crippen molar-refractivity contribution in [2.24, 2.45) is 0 Å². The highest BCUT2D eigenvalue weighted by molar-refractivity contribution is 5.94. The molecule has 0 spiro atoms. The van der Waals surface area contributed by atoms with Crippen molar-refractivity contribution in [2.45, 2.75) is 37.6 Å². The molecule has 0 atom stereocenters. The molecule has 0 radical (unpaired) electrons. The molecule has 0 bridgehead atoms. The van der Waals surface area contributed by atoms with E-state index in [0.717, 1.165) is 67.6 Å². The Bertz CT molecular complexity index is 1370. The van der Waals surface area contributed by atoms with Gasteiger partial charge in [-0.1, -0.05) is 24.3 Å². The van der Waals surface area contributed by atoms with E-state index in [4.69, 9.17) is 9.97 Å². The van der Waals surface area contributed by atoms with Crippen molar-refractivity contribution >= 4 is 22.5 Å². The van der Waals surface area contributed by atoms with Gasteiger partial charge < -0.3 is 15.5 Å². The predicted molar refractivity (Wildman–Crippen MR) is 139 cm³/mol. The average molecular weight is 464 g/mol. The van der Waals surface area contributed by atoms with E-state index in [9.17, 15) is 0 Å². The van der Waals surface area contributed by atoms with E-state index in [1.807, 2.05) is 24.7 Å². The van der Waals surface area contributed by atoms with Crippen LogP contribution in [-0.4, -0.2) is 52.2 Å². The molecular weight excluding hydrogens is 434 g/mol. The summed E-state index contributed by atoms with van der Waals surface area (Å²) in [6.07, 6.45) is 10.3. The summed E-state index contributed by atoms with van der Waals surface area (Å²) in [6.45, 7) is 3.84. The summed E-state index contributed by atoms with van der Waals surface area (Å²) in [5.74, 6) is 3.25. The van der Waals surface area contributed by atoms with Gasteiger partial charge in [0.1, 0.15) is 11.6 Å². The zero-order valence-corrected chi connectivity index (χ0v) is 19.7. The normalized spacial score (nSPS) is 18.1. The fourth-order valence-electron chi connectivity index (χ4n) is 5.55. The van der Waals surface area contributed by atoms with E-state index in [0.29, 0.717) is 12.0 Å². The van der Waals surface area contributed by atoms with E-state index in [-0.39, 0.29) is 0 Å². The third-order valence-corrected chi connectivity index (χ3v) is 7.47. The standard InChI is InChI=1S/C28H29N7/c1-2-4-20-14-22(13-19(20)3-1)32-25-15-21(7-8-31-25)27-33-24-17-30-16-23(18-5-6-18)26(24)28(34-27)35-11-9-29-10-12-35/h1-4,7-8,15-18,22,29H,5-6,9-14H2,(H,31,32). The van der Waals surface area contributed by atoms with Crippen LogP contribution in [0.3, 0.4) is 0 Å². The number of piperazine rings is 1. The molecule has 1 aliphatic heterocycles. The van der Waals surface area contributed by atoms with Crippen LogP contribution in [0.15, 0.2) is 55.0 Å². The zero-order chi connectivity index (χ0) is 23.2. The number of pyridine rings is 2. The lowest BCUT2D eigenvalue weighted by Gasteiger charge is -2.30. The minimum atomic E-state index is 0.356. The summed E-state index contributed by atoms with van der Waals surface area (Å²) in [7, 11) is 0. The summed E-state index contributed by atoms with van der Waals surface area (Å²) in [4.78, 5) is 21.8. The Morgan fingerprint density at radius 2 is 1.74 bits per heavy atom. The van der Waals surface area contributed by atoms with Gasteiger partial charge in [0.2, 0.25) is 0 Å². The van der Waals surface area contributed by atoms with Crippen molar-refractivity contribution in [1.82, 2.24) is 25.3 Å². The molecule has 1 saturated heterocycles. The molecular formula is C28H29N7. The van der Waals surface area contributed by atoms with Gasteiger partial charge in [-0.25, -0.2) is 15.0 Å². The van der Waals surface area contributed by atoms with Crippen molar-refractivity contribution < 1.29 is 0 Å². The maximum atomic E-state index is 5.17. The zero-order valence-electron chi connectivity index (χ0n) is 19.7. The Labute approximate surface area is 205 Å². The maximum Gasteiger partial charge on any atom is 0.162 e. The number of aromatic nitrogens is 4. The SMILES string of the molecule is c1ccc2c(c1)CC(Nc1cc(-c3nc(N4CCNCC4)c4c(C5CC5)cncc4n3)ccn1)C2. The molecule has 3 aliphatic rings. The third-order valence-electron chi connectivity index (χ3n) is 7.47. The topological polar surface area (TPSA) is 78.9 Å². The quantitative estimate of drug-likeness (QED) is 0.464. The van der Waals surface area contributed by atoms with Gasteiger partial charge in [0.05, 0.1) is 11.7 Å². The summed E-state index contributed by atoms with van der Waals surface area (Å²) in [5, 5.41) is 8.30. The summed E-state index contributed by atoms with van der Waals surface area (Å²) in [6, 6.07) is 13.2. The average Bonchev–Trinajstić information content (AvgIpc) is 3.67. The van der Waals surface area contributed by atoms with Crippen molar-refractivity contribution in [3.63, 3.8) is 0 Å². The monoisotopic (exact) mass is 463 g/mol. The van der Waals surface area contributed by atoms with Crippen LogP contribution in [0.2, 0.25) is 0 Å². The molecule has 1 saturated carbocycles. The first kappa shape index (κ1) is 20.8. The van der Waals surface area contributed by atoms with Crippen LogP contribution >= 0.6 is 0 Å². The highest BCUT2D eigenvalue weighted by Crippen LogP contribution is 2.44. The smallest absolute Gasteiger partial charge is 0.162 e. The Balaban J connectivity index is 1.25. The molecule has 2 N–H and O–H groups in total. The number of hydrogen-bond acceptors (Lipinski definition) is 7. The molecule has 3 aromatic heterocycles. The lowest BCUT2D eigenvalue weighted by molar-refractivity contribution is 0.586. The van der Waals surface area contributed by atoms with E-state index in [1.165, 1.54) is 34.9 Å². The Morgan fingerprint density at radius 1 is 0.943 bits per heavy atom. The minimum absolute atomic E-state index is 0.356. The Kier molecular flexibility index (Phi) is 5.09. The van der Waals surface area contributed by atoms with Crippen molar-refractivity contribution in [1.29, 1.82) is 0 Å². The first-order chi connectivity index (χ1) is 17.3. The fraction of sp³-hybridized carbons (Fsp3) is 0.357. The van der Waals surface area contributed by atoms with E-state index in [2.05, 4.69) is 55.8 Å². The van der Waals surface area contributed by atoms with Gasteiger partial charge in [0.25, 0.3) is 0 Å². The lowest BCUT2D eigenvalue weighted by atomic mass is 10.1. The summed E-state index contributed by atoms with van der Waals surface area (Å²) >= 11 is 0. The number of hydrogen-bond donors (Lipinski definition) is 2. The molecule has 2 aliphatic carbocycles. The Morgan fingerprint density at radius 3 is 2.51 bits per heavy atom. The molecule has 7 rings (SSSR count). The first-order valence-electron chi connectivity index (χ1n) is 12.7. The maximum absolute atomic E-state index is 5.17. The van der Waals surface area contributed by atoms with E-state index >= 15 is 0 Å². The molecule has 0 unspecified atom stereocenters. The van der Waals surface area contributed by atoms with Crippen LogP contribution in [0.4, 0.5) is 11.6 Å². The highest BCUT2D eigenvalue weighted by Gasteiger charge is 2.29. The van der Waals surface area contributed by atoms with E-state index < -0.39 is 0 Å². The first-order valence-corrected chi connectivity index (χ1v) is 12.7. The van der Waals surface area contributed by atoms with Gasteiger partial charge in [-0.05, 0) is 60.4 Å². The summed E-state index contributed by atoms with van der Waals surface area (Å²) < 4.78 is 0. The van der Waals surface area contributed by atoms with Gasteiger partial charge in [-0.2, -0.15) is 0 Å². The molecule has 35 heavy (non-hydrogen) atoms. The second-order valence-electron chi connectivity index (χ2n) is 9.95. The second-order valence-corrected chi connectivity index (χ2v) is 9.95. The van der Waals surface area contributed by atoms with Crippen LogP contribution in [0.1, 0.15) is 35.4 Å². The number of nitrogens with zero attached hydrogens (tertiary/aromatic N) is 5. The number of fused-ring (bicyclic) bond motifs is 2. The largest absolute Gasteiger partial charge is 0.367 e. The predicted octanol–water partition coefficient (Wildman–Crippen LogP) is 3.95. The van der Waals surface area contributed by atoms with Crippen molar-refractivity contribution in [2.75, 3.05) is 36.4 Å². The number of rotatable bonds is 5. The lowest BCUT2D eigenvalue weighted by Crippen LogP contribution is -2.44. The van der Waals surface area contributed by atoms with Gasteiger partial charge in [-0.3, -0.25) is 4.98 Å². The molecule has 1 aromatic carbocycles. The van der Waals surface area contributed by atoms with Crippen LogP contribution in [0.5, 0.6) is 0 Å². The fourth-order valence-corrected chi connectivity index (χ4v) is 5.55. The molecule has 7 nitrogen and oxygen atoms in total. The molecule has 2 fully saturated rings. The third kappa shape index (κ3) is 4.00. The van der Waals surface area contributed by atoms with Gasteiger partial charge >= 0.3 is 0 Å².